The van der Waals surface area contributed by atoms with Crippen molar-refractivity contribution >= 4 is 71.8 Å². The molecule has 2 radical (unpaired) electrons. The van der Waals surface area contributed by atoms with Crippen molar-refractivity contribution in [1.82, 2.24) is 4.57 Å². The number of anilines is 1. The maximum absolute atomic E-state index is 13.0. The fourth-order valence-electron chi connectivity index (χ4n) is 2.91. The van der Waals surface area contributed by atoms with Gasteiger partial charge in [-0.3, -0.25) is 9.59 Å². The van der Waals surface area contributed by atoms with E-state index in [4.69, 9.17) is 11.6 Å². The molecule has 0 aliphatic rings. The van der Waals surface area contributed by atoms with Gasteiger partial charge < -0.3 is 14.6 Å². The van der Waals surface area contributed by atoms with Gasteiger partial charge in [0, 0.05) is 57.0 Å². The first kappa shape index (κ1) is 20.8. The quantitative estimate of drug-likeness (QED) is 0.691. The molecule has 0 saturated carbocycles. The van der Waals surface area contributed by atoms with Crippen LogP contribution in [0.4, 0.5) is 5.69 Å². The van der Waals surface area contributed by atoms with Crippen LogP contribution in [0.25, 0.3) is 10.9 Å². The summed E-state index contributed by atoms with van der Waals surface area (Å²) in [5.74, 6) is -0.947. The Balaban J connectivity index is 0.00000243. The Morgan fingerprint density at radius 1 is 1.15 bits per heavy atom. The molecule has 1 heterocycles. The summed E-state index contributed by atoms with van der Waals surface area (Å²) < 4.78 is 1.33. The third-order valence-corrected chi connectivity index (χ3v) is 4.50. The zero-order valence-electron chi connectivity index (χ0n) is 14.6. The van der Waals surface area contributed by atoms with Crippen molar-refractivity contribution in [3.05, 3.63) is 69.5 Å². The number of carbonyl (C=O) groups excluding carboxylic acids is 1. The predicted octanol–water partition coefficient (Wildman–Crippen LogP) is 3.18. The van der Waals surface area contributed by atoms with E-state index in [1.807, 2.05) is 6.07 Å². The number of hydrogen-bond donors (Lipinski definition) is 1. The number of para-hydroxylation sites is 1. The van der Waals surface area contributed by atoms with E-state index in [9.17, 15) is 14.7 Å². The molecule has 3 rings (SSSR count). The third kappa shape index (κ3) is 3.49. The molecule has 0 aliphatic heterocycles. The SMILES string of the molecule is CCN(C(=O)c1c(O)c2c(Cl)cccc2n(C)c1=O)c1ccccc1.[Ca]. The van der Waals surface area contributed by atoms with Crippen LogP contribution in [0, 0.1) is 0 Å². The second-order valence-electron chi connectivity index (χ2n) is 5.61. The second-order valence-corrected chi connectivity index (χ2v) is 6.01. The Hall–Kier alpha value is -1.53. The summed E-state index contributed by atoms with van der Waals surface area (Å²) >= 11 is 6.19. The molecule has 3 aromatic rings. The van der Waals surface area contributed by atoms with Crippen LogP contribution in [0.3, 0.4) is 0 Å². The largest absolute Gasteiger partial charge is 0.506 e. The monoisotopic (exact) mass is 396 g/mol. The molecule has 1 N–H and O–H groups in total. The van der Waals surface area contributed by atoms with Crippen molar-refractivity contribution in [2.75, 3.05) is 11.4 Å². The second kappa shape index (κ2) is 8.44. The Bertz CT molecular complexity index is 1020. The molecule has 0 spiro atoms. The van der Waals surface area contributed by atoms with Gasteiger partial charge in [-0.05, 0) is 31.2 Å². The Labute approximate surface area is 185 Å². The van der Waals surface area contributed by atoms with E-state index in [0.29, 0.717) is 23.1 Å². The molecule has 0 saturated heterocycles. The minimum absolute atomic E-state index is 0. The van der Waals surface area contributed by atoms with Gasteiger partial charge in [0.25, 0.3) is 11.5 Å². The van der Waals surface area contributed by atoms with E-state index in [-0.39, 0.29) is 54.1 Å². The summed E-state index contributed by atoms with van der Waals surface area (Å²) in [4.78, 5) is 27.2. The molecule has 0 bridgehead atoms. The Kier molecular flexibility index (Phi) is 6.74. The van der Waals surface area contributed by atoms with Gasteiger partial charge in [0.1, 0.15) is 11.3 Å². The van der Waals surface area contributed by atoms with Crippen molar-refractivity contribution in [2.24, 2.45) is 7.05 Å². The van der Waals surface area contributed by atoms with Crippen LogP contribution in [0.15, 0.2) is 53.3 Å². The van der Waals surface area contributed by atoms with E-state index >= 15 is 0 Å². The summed E-state index contributed by atoms with van der Waals surface area (Å²) in [6.45, 7) is 2.16. The molecule has 5 nitrogen and oxygen atoms in total. The first-order chi connectivity index (χ1) is 12.0. The van der Waals surface area contributed by atoms with E-state index < -0.39 is 11.5 Å². The van der Waals surface area contributed by atoms with Gasteiger partial charge >= 0.3 is 0 Å². The normalized spacial score (nSPS) is 10.4. The molecule has 26 heavy (non-hydrogen) atoms. The number of carbonyl (C=O) groups is 1. The van der Waals surface area contributed by atoms with E-state index in [2.05, 4.69) is 0 Å². The molecule has 7 heteroatoms. The van der Waals surface area contributed by atoms with Crippen molar-refractivity contribution < 1.29 is 9.90 Å². The number of aryl methyl sites for hydroxylation is 1. The summed E-state index contributed by atoms with van der Waals surface area (Å²) in [5, 5.41) is 11.2. The van der Waals surface area contributed by atoms with Gasteiger partial charge in [0.2, 0.25) is 0 Å². The predicted molar refractivity (Wildman–Crippen MR) is 105 cm³/mol. The van der Waals surface area contributed by atoms with Crippen molar-refractivity contribution in [3.8, 4) is 5.75 Å². The Morgan fingerprint density at radius 2 is 1.81 bits per heavy atom. The average molecular weight is 397 g/mol. The Morgan fingerprint density at radius 3 is 2.42 bits per heavy atom. The van der Waals surface area contributed by atoms with Gasteiger partial charge in [-0.25, -0.2) is 0 Å². The van der Waals surface area contributed by atoms with E-state index in [1.165, 1.54) is 9.47 Å². The zero-order chi connectivity index (χ0) is 18.1. The number of aromatic hydroxyl groups is 1. The first-order valence-electron chi connectivity index (χ1n) is 7.84. The molecule has 0 atom stereocenters. The minimum atomic E-state index is -0.563. The summed E-state index contributed by atoms with van der Waals surface area (Å²) in [6.07, 6.45) is 0. The smallest absolute Gasteiger partial charge is 0.267 e. The van der Waals surface area contributed by atoms with Crippen LogP contribution in [-0.4, -0.2) is 59.9 Å². The maximum Gasteiger partial charge on any atom is 0.267 e. The molecule has 0 unspecified atom stereocenters. The molecule has 2 aromatic carbocycles. The molecule has 1 aromatic heterocycles. The van der Waals surface area contributed by atoms with E-state index in [0.717, 1.165) is 0 Å². The minimum Gasteiger partial charge on any atom is -0.506 e. The van der Waals surface area contributed by atoms with Gasteiger partial charge in [0.05, 0.1) is 15.9 Å². The number of nitrogens with zero attached hydrogens (tertiary/aromatic N) is 2. The van der Waals surface area contributed by atoms with Crippen molar-refractivity contribution in [1.29, 1.82) is 0 Å². The number of rotatable bonds is 3. The number of benzene rings is 2. The maximum atomic E-state index is 13.0. The van der Waals surface area contributed by atoms with E-state index in [1.54, 1.807) is 56.4 Å². The van der Waals surface area contributed by atoms with Gasteiger partial charge in [-0.2, -0.15) is 0 Å². The number of hydrogen-bond acceptors (Lipinski definition) is 3. The zero-order valence-corrected chi connectivity index (χ0v) is 17.5. The fraction of sp³-hybridized carbons (Fsp3) is 0.158. The van der Waals surface area contributed by atoms with Crippen LogP contribution in [0.5, 0.6) is 5.75 Å². The van der Waals surface area contributed by atoms with Crippen molar-refractivity contribution in [2.45, 2.75) is 6.92 Å². The molecular weight excluding hydrogens is 380 g/mol. The summed E-state index contributed by atoms with van der Waals surface area (Å²) in [7, 11) is 1.55. The average Bonchev–Trinajstić information content (AvgIpc) is 2.61. The standard InChI is InChI=1S/C19H17ClN2O3.Ca/c1-3-22(12-8-5-4-6-9-12)19(25)16-17(23)15-13(20)10-7-11-14(15)21(2)18(16)24;/h4-11,23H,3H2,1-2H3;. The summed E-state index contributed by atoms with van der Waals surface area (Å²) in [5.41, 5.74) is 0.269. The molecule has 1 amide bonds. The van der Waals surface area contributed by atoms with Gasteiger partial charge in [-0.1, -0.05) is 35.9 Å². The van der Waals surface area contributed by atoms with Crippen LogP contribution in [0.2, 0.25) is 5.02 Å². The van der Waals surface area contributed by atoms with Crippen LogP contribution >= 0.6 is 11.6 Å². The first-order valence-corrected chi connectivity index (χ1v) is 8.22. The van der Waals surface area contributed by atoms with Gasteiger partial charge in [-0.15, -0.1) is 0 Å². The van der Waals surface area contributed by atoms with Crippen molar-refractivity contribution in [3.63, 3.8) is 0 Å². The van der Waals surface area contributed by atoms with Gasteiger partial charge in [0.15, 0.2) is 0 Å². The van der Waals surface area contributed by atoms with Crippen LogP contribution in [0.1, 0.15) is 17.3 Å². The number of fused-ring (bicyclic) bond motifs is 1. The molecular formula is C19H17CaClN2O3. The molecule has 130 valence electrons. The van der Waals surface area contributed by atoms with Crippen LogP contribution in [-0.2, 0) is 7.05 Å². The van der Waals surface area contributed by atoms with Crippen LogP contribution < -0.4 is 10.5 Å². The third-order valence-electron chi connectivity index (χ3n) is 4.19. The number of halogens is 1. The molecule has 0 aliphatic carbocycles. The number of amides is 1. The molecule has 0 fully saturated rings. The topological polar surface area (TPSA) is 62.5 Å². The number of pyridine rings is 1. The fourth-order valence-corrected chi connectivity index (χ4v) is 3.17. The number of aromatic nitrogens is 1. The summed E-state index contributed by atoms with van der Waals surface area (Å²) in [6, 6.07) is 14.0.